The van der Waals surface area contributed by atoms with Crippen LogP contribution in [0.25, 0.3) is 0 Å². The van der Waals surface area contributed by atoms with Crippen molar-refractivity contribution in [3.63, 3.8) is 0 Å². The SMILES string of the molecule is Cc1ccc(C(C)(C)C)cc1S(=O)(=O)N1CC(C)C(N)C1. The molecule has 0 saturated carbocycles. The monoisotopic (exact) mass is 310 g/mol. The summed E-state index contributed by atoms with van der Waals surface area (Å²) < 4.78 is 27.3. The molecule has 21 heavy (non-hydrogen) atoms. The van der Waals surface area contributed by atoms with E-state index in [-0.39, 0.29) is 17.4 Å². The van der Waals surface area contributed by atoms with Crippen molar-refractivity contribution in [2.45, 2.75) is 51.0 Å². The van der Waals surface area contributed by atoms with Gasteiger partial charge in [-0.15, -0.1) is 0 Å². The van der Waals surface area contributed by atoms with Crippen molar-refractivity contribution >= 4 is 10.0 Å². The Hall–Kier alpha value is -0.910. The van der Waals surface area contributed by atoms with Gasteiger partial charge in [0.2, 0.25) is 10.0 Å². The highest BCUT2D eigenvalue weighted by Crippen LogP contribution is 2.30. The van der Waals surface area contributed by atoms with Gasteiger partial charge in [0.05, 0.1) is 4.90 Å². The van der Waals surface area contributed by atoms with Gasteiger partial charge in [0.25, 0.3) is 0 Å². The molecule has 0 aliphatic carbocycles. The fourth-order valence-electron chi connectivity index (χ4n) is 2.63. The fourth-order valence-corrected chi connectivity index (χ4v) is 4.45. The molecule has 0 aromatic heterocycles. The van der Waals surface area contributed by atoms with Crippen molar-refractivity contribution in [3.8, 4) is 0 Å². The van der Waals surface area contributed by atoms with E-state index in [0.29, 0.717) is 18.0 Å². The maximum Gasteiger partial charge on any atom is 0.243 e. The lowest BCUT2D eigenvalue weighted by molar-refractivity contribution is 0.463. The van der Waals surface area contributed by atoms with Crippen LogP contribution in [0.3, 0.4) is 0 Å². The number of hydrogen-bond donors (Lipinski definition) is 1. The van der Waals surface area contributed by atoms with Crippen LogP contribution < -0.4 is 5.73 Å². The van der Waals surface area contributed by atoms with Crippen LogP contribution in [0.4, 0.5) is 0 Å². The minimum Gasteiger partial charge on any atom is -0.326 e. The predicted molar refractivity (Wildman–Crippen MR) is 85.8 cm³/mol. The molecule has 2 unspecified atom stereocenters. The molecule has 1 aromatic rings. The largest absolute Gasteiger partial charge is 0.326 e. The minimum absolute atomic E-state index is 0.0767. The molecule has 1 heterocycles. The Kier molecular flexibility index (Phi) is 4.21. The summed E-state index contributed by atoms with van der Waals surface area (Å²) in [5.41, 5.74) is 7.72. The molecule has 1 fully saturated rings. The van der Waals surface area contributed by atoms with Crippen molar-refractivity contribution in [2.24, 2.45) is 11.7 Å². The molecule has 2 N–H and O–H groups in total. The molecule has 0 spiro atoms. The fraction of sp³-hybridized carbons (Fsp3) is 0.625. The summed E-state index contributed by atoms with van der Waals surface area (Å²) in [6.45, 7) is 11.0. The minimum atomic E-state index is -3.46. The third-order valence-corrected chi connectivity index (χ3v) is 6.28. The lowest BCUT2D eigenvalue weighted by Crippen LogP contribution is -2.32. The zero-order valence-electron chi connectivity index (χ0n) is 13.6. The van der Waals surface area contributed by atoms with Crippen LogP contribution in [0.15, 0.2) is 23.1 Å². The van der Waals surface area contributed by atoms with Crippen LogP contribution >= 0.6 is 0 Å². The summed E-state index contributed by atoms with van der Waals surface area (Å²) in [7, 11) is -3.46. The van der Waals surface area contributed by atoms with Gasteiger partial charge in [-0.25, -0.2) is 8.42 Å². The number of benzene rings is 1. The highest BCUT2D eigenvalue weighted by atomic mass is 32.2. The Morgan fingerprint density at radius 3 is 2.33 bits per heavy atom. The maximum absolute atomic E-state index is 12.9. The van der Waals surface area contributed by atoms with Gasteiger partial charge in [-0.2, -0.15) is 4.31 Å². The van der Waals surface area contributed by atoms with Gasteiger partial charge in [0.1, 0.15) is 0 Å². The van der Waals surface area contributed by atoms with Gasteiger partial charge in [0, 0.05) is 19.1 Å². The maximum atomic E-state index is 12.9. The number of sulfonamides is 1. The predicted octanol–water partition coefficient (Wildman–Crippen LogP) is 2.26. The second-order valence-electron chi connectivity index (χ2n) is 7.19. The van der Waals surface area contributed by atoms with Gasteiger partial charge >= 0.3 is 0 Å². The van der Waals surface area contributed by atoms with E-state index in [1.165, 1.54) is 4.31 Å². The van der Waals surface area contributed by atoms with Crippen molar-refractivity contribution in [1.29, 1.82) is 0 Å². The Labute approximate surface area is 128 Å². The summed E-state index contributed by atoms with van der Waals surface area (Å²) in [4.78, 5) is 0.413. The Morgan fingerprint density at radius 1 is 1.24 bits per heavy atom. The van der Waals surface area contributed by atoms with E-state index in [4.69, 9.17) is 5.73 Å². The van der Waals surface area contributed by atoms with Crippen molar-refractivity contribution in [1.82, 2.24) is 4.31 Å². The quantitative estimate of drug-likeness (QED) is 0.911. The Bertz CT molecular complexity index is 622. The zero-order chi connectivity index (χ0) is 16.0. The number of nitrogens with two attached hydrogens (primary N) is 1. The van der Waals surface area contributed by atoms with E-state index in [1.807, 2.05) is 32.0 Å². The topological polar surface area (TPSA) is 63.4 Å². The van der Waals surface area contributed by atoms with Gasteiger partial charge in [-0.3, -0.25) is 0 Å². The normalized spacial score (nSPS) is 24.5. The highest BCUT2D eigenvalue weighted by molar-refractivity contribution is 7.89. The average molecular weight is 310 g/mol. The van der Waals surface area contributed by atoms with E-state index in [2.05, 4.69) is 20.8 Å². The van der Waals surface area contributed by atoms with Gasteiger partial charge in [-0.05, 0) is 35.4 Å². The second-order valence-corrected chi connectivity index (χ2v) is 9.10. The van der Waals surface area contributed by atoms with Crippen molar-refractivity contribution in [3.05, 3.63) is 29.3 Å². The first kappa shape index (κ1) is 16.5. The average Bonchev–Trinajstić information content (AvgIpc) is 2.69. The van der Waals surface area contributed by atoms with E-state index in [0.717, 1.165) is 11.1 Å². The van der Waals surface area contributed by atoms with Crippen LogP contribution in [-0.4, -0.2) is 31.9 Å². The number of nitrogens with zero attached hydrogens (tertiary/aromatic N) is 1. The van der Waals surface area contributed by atoms with E-state index < -0.39 is 10.0 Å². The van der Waals surface area contributed by atoms with Crippen LogP contribution in [0.1, 0.15) is 38.8 Å². The lowest BCUT2D eigenvalue weighted by Gasteiger charge is -2.23. The van der Waals surface area contributed by atoms with Crippen LogP contribution in [0.5, 0.6) is 0 Å². The number of aryl methyl sites for hydroxylation is 1. The van der Waals surface area contributed by atoms with Gasteiger partial charge in [0.15, 0.2) is 0 Å². The summed E-state index contributed by atoms with van der Waals surface area (Å²) in [5.74, 6) is 0.200. The lowest BCUT2D eigenvalue weighted by atomic mass is 9.87. The van der Waals surface area contributed by atoms with Crippen LogP contribution in [0, 0.1) is 12.8 Å². The standard InChI is InChI=1S/C16H26N2O2S/c1-11-6-7-13(16(3,4)5)8-15(11)21(19,20)18-9-12(2)14(17)10-18/h6-8,12,14H,9-10,17H2,1-5H3. The molecule has 4 nitrogen and oxygen atoms in total. The highest BCUT2D eigenvalue weighted by Gasteiger charge is 2.36. The van der Waals surface area contributed by atoms with E-state index >= 15 is 0 Å². The Morgan fingerprint density at radius 2 is 1.86 bits per heavy atom. The molecule has 2 rings (SSSR count). The second kappa shape index (κ2) is 5.38. The zero-order valence-corrected chi connectivity index (χ0v) is 14.4. The number of hydrogen-bond acceptors (Lipinski definition) is 3. The molecular formula is C16H26N2O2S. The summed E-state index contributed by atoms with van der Waals surface area (Å²) in [6.07, 6.45) is 0. The smallest absolute Gasteiger partial charge is 0.243 e. The summed E-state index contributed by atoms with van der Waals surface area (Å²) in [6, 6.07) is 5.64. The first-order valence-electron chi connectivity index (χ1n) is 7.40. The molecular weight excluding hydrogens is 284 g/mol. The molecule has 0 amide bonds. The van der Waals surface area contributed by atoms with Crippen LogP contribution in [0.2, 0.25) is 0 Å². The molecule has 5 heteroatoms. The third-order valence-electron chi connectivity index (χ3n) is 4.31. The van der Waals surface area contributed by atoms with Crippen LogP contribution in [-0.2, 0) is 15.4 Å². The summed E-state index contributed by atoms with van der Waals surface area (Å²) in [5, 5.41) is 0. The first-order valence-corrected chi connectivity index (χ1v) is 8.84. The van der Waals surface area contributed by atoms with E-state index in [1.54, 1.807) is 0 Å². The van der Waals surface area contributed by atoms with Gasteiger partial charge < -0.3 is 5.73 Å². The Balaban J connectivity index is 2.45. The molecule has 0 radical (unpaired) electrons. The van der Waals surface area contributed by atoms with Gasteiger partial charge in [-0.1, -0.05) is 39.8 Å². The summed E-state index contributed by atoms with van der Waals surface area (Å²) >= 11 is 0. The molecule has 1 aliphatic heterocycles. The molecule has 0 bridgehead atoms. The molecule has 1 aromatic carbocycles. The first-order chi connectivity index (χ1) is 9.53. The molecule has 2 atom stereocenters. The molecule has 1 saturated heterocycles. The van der Waals surface area contributed by atoms with Crippen molar-refractivity contribution in [2.75, 3.05) is 13.1 Å². The van der Waals surface area contributed by atoms with Crippen molar-refractivity contribution < 1.29 is 8.42 Å². The third kappa shape index (κ3) is 3.15. The molecule has 1 aliphatic rings. The number of rotatable bonds is 2. The molecule has 118 valence electrons. The van der Waals surface area contributed by atoms with E-state index in [9.17, 15) is 8.42 Å².